The van der Waals surface area contributed by atoms with E-state index in [1.54, 1.807) is 40.8 Å². The highest BCUT2D eigenvalue weighted by Gasteiger charge is 2.26. The Hall–Kier alpha value is -3.74. The van der Waals surface area contributed by atoms with Crippen LogP contribution >= 0.6 is 0 Å². The molecule has 1 N–H and O–H groups in total. The first-order valence-electron chi connectivity index (χ1n) is 12.7. The number of hydrogen-bond acceptors (Lipinski definition) is 6. The number of nitrogens with zero attached hydrogens (tertiary/aromatic N) is 1. The van der Waals surface area contributed by atoms with Gasteiger partial charge in [0.2, 0.25) is 11.5 Å². The molecule has 1 aromatic heterocycles. The third kappa shape index (κ3) is 5.50. The van der Waals surface area contributed by atoms with Crippen molar-refractivity contribution in [1.29, 1.82) is 0 Å². The number of carbonyl (C=O) groups is 1. The lowest BCUT2D eigenvalue weighted by Crippen LogP contribution is -2.36. The van der Waals surface area contributed by atoms with E-state index in [2.05, 4.69) is 16.4 Å². The smallest absolute Gasteiger partial charge is 0.252 e. The third-order valence-corrected chi connectivity index (χ3v) is 7.14. The second-order valence-corrected chi connectivity index (χ2v) is 9.34. The molecule has 1 aliphatic carbocycles. The largest absolute Gasteiger partial charge is 0.492 e. The minimum absolute atomic E-state index is 0.0471. The molecule has 0 bridgehead atoms. The monoisotopic (exact) mass is 504 g/mol. The zero-order valence-corrected chi connectivity index (χ0v) is 22.3. The molecular weight excluding hydrogens is 468 g/mol. The van der Waals surface area contributed by atoms with E-state index in [1.807, 2.05) is 31.2 Å². The van der Waals surface area contributed by atoms with Crippen molar-refractivity contribution in [2.45, 2.75) is 51.5 Å². The second-order valence-electron chi connectivity index (χ2n) is 9.34. The summed E-state index contributed by atoms with van der Waals surface area (Å²) in [5.74, 6) is 2.10. The highest BCUT2D eigenvalue weighted by atomic mass is 16.5. The van der Waals surface area contributed by atoms with E-state index >= 15 is 0 Å². The maximum Gasteiger partial charge on any atom is 0.252 e. The summed E-state index contributed by atoms with van der Waals surface area (Å²) in [6.07, 6.45) is 9.61. The van der Waals surface area contributed by atoms with Gasteiger partial charge in [0.15, 0.2) is 11.5 Å². The van der Waals surface area contributed by atoms with Crippen LogP contribution in [0.2, 0.25) is 0 Å². The number of nitrogens with one attached hydrogen (secondary N) is 1. The van der Waals surface area contributed by atoms with Gasteiger partial charge < -0.3 is 24.3 Å². The van der Waals surface area contributed by atoms with Crippen LogP contribution in [0, 0.1) is 6.92 Å². The maximum atomic E-state index is 13.6. The number of amides is 1. The number of rotatable bonds is 9. The van der Waals surface area contributed by atoms with Gasteiger partial charge in [-0.05, 0) is 54.7 Å². The molecule has 0 spiro atoms. The number of pyridine rings is 1. The normalized spacial score (nSPS) is 13.6. The fourth-order valence-corrected chi connectivity index (χ4v) is 5.25. The van der Waals surface area contributed by atoms with Crippen LogP contribution in [0.5, 0.6) is 23.0 Å². The fraction of sp³-hybridized carbons (Fsp3) is 0.400. The van der Waals surface area contributed by atoms with Crippen molar-refractivity contribution >= 4 is 5.91 Å². The van der Waals surface area contributed by atoms with Crippen LogP contribution in [0.1, 0.15) is 59.2 Å². The lowest BCUT2D eigenvalue weighted by Gasteiger charge is -2.24. The molecule has 0 aliphatic heterocycles. The zero-order chi connectivity index (χ0) is 26.4. The van der Waals surface area contributed by atoms with Crippen LogP contribution in [0.3, 0.4) is 0 Å². The Labute approximate surface area is 219 Å². The summed E-state index contributed by atoms with van der Waals surface area (Å²) >= 11 is 0. The molecular formula is C30H36N2O5. The number of ether oxygens (including phenoxy) is 4. The van der Waals surface area contributed by atoms with Gasteiger partial charge >= 0.3 is 0 Å². The van der Waals surface area contributed by atoms with Crippen LogP contribution in [-0.2, 0) is 6.42 Å². The van der Waals surface area contributed by atoms with Gasteiger partial charge in [0, 0.05) is 41.5 Å². The van der Waals surface area contributed by atoms with Crippen molar-refractivity contribution in [3.63, 3.8) is 0 Å². The van der Waals surface area contributed by atoms with Gasteiger partial charge in [-0.1, -0.05) is 31.4 Å². The maximum absolute atomic E-state index is 13.6. The summed E-state index contributed by atoms with van der Waals surface area (Å²) in [6.45, 7) is 1.97. The van der Waals surface area contributed by atoms with Gasteiger partial charge in [0.25, 0.3) is 5.91 Å². The van der Waals surface area contributed by atoms with E-state index in [0.717, 1.165) is 53.5 Å². The molecule has 196 valence electrons. The Morgan fingerprint density at radius 3 is 2.11 bits per heavy atom. The summed E-state index contributed by atoms with van der Waals surface area (Å²) in [5.41, 5.74) is 5.27. The highest BCUT2D eigenvalue weighted by molar-refractivity contribution is 6.01. The van der Waals surface area contributed by atoms with Crippen molar-refractivity contribution in [3.8, 4) is 34.1 Å². The topological polar surface area (TPSA) is 78.9 Å². The zero-order valence-electron chi connectivity index (χ0n) is 22.3. The lowest BCUT2D eigenvalue weighted by atomic mass is 9.92. The number of carbonyl (C=O) groups excluding carboxylic acids is 1. The summed E-state index contributed by atoms with van der Waals surface area (Å²) in [5, 5.41) is 3.29. The molecule has 0 atom stereocenters. The third-order valence-electron chi connectivity index (χ3n) is 7.14. The number of hydrogen-bond donors (Lipinski definition) is 1. The molecule has 1 fully saturated rings. The Morgan fingerprint density at radius 2 is 1.49 bits per heavy atom. The number of methoxy groups -OCH3 is 4. The van der Waals surface area contributed by atoms with Gasteiger partial charge in [-0.25, -0.2) is 0 Å². The highest BCUT2D eigenvalue weighted by Crippen LogP contribution is 2.49. The van der Waals surface area contributed by atoms with E-state index in [4.69, 9.17) is 18.9 Å². The molecule has 3 aromatic rings. The quantitative estimate of drug-likeness (QED) is 0.400. The van der Waals surface area contributed by atoms with E-state index in [1.165, 1.54) is 6.42 Å². The summed E-state index contributed by atoms with van der Waals surface area (Å²) in [6, 6.07) is 10.1. The van der Waals surface area contributed by atoms with Gasteiger partial charge in [0.05, 0.1) is 28.4 Å². The van der Waals surface area contributed by atoms with Crippen molar-refractivity contribution in [2.24, 2.45) is 0 Å². The first-order chi connectivity index (χ1) is 18.0. The molecule has 0 unspecified atom stereocenters. The Balaban J connectivity index is 1.78. The summed E-state index contributed by atoms with van der Waals surface area (Å²) in [4.78, 5) is 17.7. The molecule has 1 saturated carbocycles. The molecule has 0 saturated heterocycles. The molecule has 1 amide bonds. The molecule has 1 aliphatic rings. The van der Waals surface area contributed by atoms with Gasteiger partial charge in [0.1, 0.15) is 0 Å². The van der Waals surface area contributed by atoms with Crippen LogP contribution < -0.4 is 24.3 Å². The minimum Gasteiger partial charge on any atom is -0.492 e. The number of benzene rings is 2. The summed E-state index contributed by atoms with van der Waals surface area (Å²) < 4.78 is 22.7. The van der Waals surface area contributed by atoms with E-state index < -0.39 is 0 Å². The van der Waals surface area contributed by atoms with Crippen molar-refractivity contribution < 1.29 is 23.7 Å². The van der Waals surface area contributed by atoms with Gasteiger partial charge in [-0.2, -0.15) is 0 Å². The fourth-order valence-electron chi connectivity index (χ4n) is 5.25. The van der Waals surface area contributed by atoms with Crippen LogP contribution in [0.4, 0.5) is 0 Å². The Morgan fingerprint density at radius 1 is 0.865 bits per heavy atom. The van der Waals surface area contributed by atoms with Crippen molar-refractivity contribution in [2.75, 3.05) is 28.4 Å². The minimum atomic E-state index is -0.0471. The first-order valence-corrected chi connectivity index (χ1v) is 12.7. The second kappa shape index (κ2) is 12.0. The molecule has 4 rings (SSSR count). The summed E-state index contributed by atoms with van der Waals surface area (Å²) in [7, 11) is 6.38. The van der Waals surface area contributed by atoms with Crippen molar-refractivity contribution in [3.05, 3.63) is 65.0 Å². The molecule has 7 nitrogen and oxygen atoms in total. The molecule has 7 heteroatoms. The van der Waals surface area contributed by atoms with Crippen LogP contribution in [-0.4, -0.2) is 45.4 Å². The van der Waals surface area contributed by atoms with Crippen LogP contribution in [0.25, 0.3) is 11.1 Å². The van der Waals surface area contributed by atoms with Gasteiger partial charge in [-0.3, -0.25) is 9.78 Å². The first kappa shape index (κ1) is 26.3. The van der Waals surface area contributed by atoms with Crippen molar-refractivity contribution in [1.82, 2.24) is 10.3 Å². The Kier molecular flexibility index (Phi) is 8.54. The van der Waals surface area contributed by atoms with E-state index in [-0.39, 0.29) is 11.9 Å². The predicted molar refractivity (Wildman–Crippen MR) is 144 cm³/mol. The predicted octanol–water partition coefficient (Wildman–Crippen LogP) is 5.74. The van der Waals surface area contributed by atoms with E-state index in [9.17, 15) is 4.79 Å². The van der Waals surface area contributed by atoms with E-state index in [0.29, 0.717) is 35.0 Å². The molecule has 1 heterocycles. The average Bonchev–Trinajstić information content (AvgIpc) is 2.94. The molecule has 0 radical (unpaired) electrons. The SMILES string of the molecule is COc1c(C)c(Cc2ccc(-c3ccncc3)c(C(=O)NC3CCCCC3)c2)c(OC)c(OC)c1OC. The van der Waals surface area contributed by atoms with Gasteiger partial charge in [-0.15, -0.1) is 0 Å². The molecule has 37 heavy (non-hydrogen) atoms. The van der Waals surface area contributed by atoms with Crippen LogP contribution in [0.15, 0.2) is 42.7 Å². The standard InChI is InChI=1S/C30H36N2O5/c1-19-24(27(35-3)29(37-5)28(36-4)26(19)34-2)17-20-11-12-23(21-13-15-31-16-14-21)25(18-20)30(33)32-22-9-7-6-8-10-22/h11-16,18,22H,6-10,17H2,1-5H3,(H,32,33). The lowest BCUT2D eigenvalue weighted by molar-refractivity contribution is 0.0928. The number of aromatic nitrogens is 1. The average molecular weight is 505 g/mol. The molecule has 2 aromatic carbocycles. The Bertz CT molecular complexity index is 1240.